The summed E-state index contributed by atoms with van der Waals surface area (Å²) in [5.74, 6) is 2.85. The zero-order chi connectivity index (χ0) is 25.2. The second kappa shape index (κ2) is 10.3. The van der Waals surface area contributed by atoms with Crippen LogP contribution in [0.1, 0.15) is 12.8 Å². The Hall–Kier alpha value is -3.70. The minimum absolute atomic E-state index is 0.172. The summed E-state index contributed by atoms with van der Waals surface area (Å²) in [5.41, 5.74) is 1.23. The molecule has 37 heavy (non-hydrogen) atoms. The third kappa shape index (κ3) is 4.96. The normalized spacial score (nSPS) is 18.2. The lowest BCUT2D eigenvalue weighted by molar-refractivity contribution is 0.413. The van der Waals surface area contributed by atoms with Crippen LogP contribution in [0.15, 0.2) is 47.4 Å². The van der Waals surface area contributed by atoms with Gasteiger partial charge >= 0.3 is 0 Å². The number of nitrogens with zero attached hydrogens (tertiary/aromatic N) is 5. The summed E-state index contributed by atoms with van der Waals surface area (Å²) in [6, 6.07) is 12.1. The van der Waals surface area contributed by atoms with Crippen LogP contribution in [0.25, 0.3) is 20.8 Å². The van der Waals surface area contributed by atoms with Gasteiger partial charge in [0.2, 0.25) is 5.95 Å². The van der Waals surface area contributed by atoms with Crippen molar-refractivity contribution >= 4 is 39.1 Å². The van der Waals surface area contributed by atoms with E-state index >= 15 is 0 Å². The van der Waals surface area contributed by atoms with Crippen LogP contribution in [-0.4, -0.2) is 72.4 Å². The van der Waals surface area contributed by atoms with E-state index < -0.39 is 0 Å². The molecule has 0 unspecified atom stereocenters. The number of nitrogens with one attached hydrogen (secondary N) is 3. The maximum absolute atomic E-state index is 13.5. The van der Waals surface area contributed by atoms with E-state index in [2.05, 4.69) is 30.4 Å². The van der Waals surface area contributed by atoms with Crippen molar-refractivity contribution < 1.29 is 4.74 Å². The first-order valence-electron chi connectivity index (χ1n) is 12.7. The van der Waals surface area contributed by atoms with Crippen molar-refractivity contribution in [2.75, 3.05) is 61.5 Å². The average molecular weight is 519 g/mol. The van der Waals surface area contributed by atoms with Gasteiger partial charge in [-0.25, -0.2) is 9.97 Å². The van der Waals surface area contributed by atoms with Crippen molar-refractivity contribution in [2.24, 2.45) is 0 Å². The highest BCUT2D eigenvalue weighted by Crippen LogP contribution is 2.33. The first-order chi connectivity index (χ1) is 18.2. The van der Waals surface area contributed by atoms with Gasteiger partial charge in [0.1, 0.15) is 28.0 Å². The molecule has 2 aliphatic heterocycles. The Bertz CT molecular complexity index is 1390. The van der Waals surface area contributed by atoms with Crippen LogP contribution < -0.4 is 30.7 Å². The maximum Gasteiger partial charge on any atom is 0.264 e. The first-order valence-corrected chi connectivity index (χ1v) is 13.5. The SMILES string of the molecule is COc1ccc(N2CCN(c3nc(N[C@@H]4CCCNC4)c(-c4nc5ccccc5s4)c(=O)[nH]3)CC2)nc1. The summed E-state index contributed by atoms with van der Waals surface area (Å²) < 4.78 is 6.27. The van der Waals surface area contributed by atoms with Crippen LogP contribution in [0.5, 0.6) is 5.75 Å². The van der Waals surface area contributed by atoms with E-state index in [9.17, 15) is 4.79 Å². The van der Waals surface area contributed by atoms with Gasteiger partial charge in [-0.1, -0.05) is 12.1 Å². The van der Waals surface area contributed by atoms with Crippen molar-refractivity contribution in [1.82, 2.24) is 25.3 Å². The van der Waals surface area contributed by atoms with E-state index in [1.54, 1.807) is 13.3 Å². The highest BCUT2D eigenvalue weighted by Gasteiger charge is 2.25. The molecule has 2 aliphatic rings. The molecule has 3 aromatic heterocycles. The fraction of sp³-hybridized carbons (Fsp3) is 0.385. The quantitative estimate of drug-likeness (QED) is 0.355. The number of fused-ring (bicyclic) bond motifs is 1. The number of H-pyrrole nitrogens is 1. The monoisotopic (exact) mass is 518 g/mol. The lowest BCUT2D eigenvalue weighted by Gasteiger charge is -2.36. The number of hydrogen-bond acceptors (Lipinski definition) is 10. The molecule has 2 fully saturated rings. The molecule has 0 saturated carbocycles. The van der Waals surface area contributed by atoms with Crippen LogP contribution >= 0.6 is 11.3 Å². The van der Waals surface area contributed by atoms with Crippen molar-refractivity contribution in [1.29, 1.82) is 0 Å². The Morgan fingerprint density at radius 1 is 1.08 bits per heavy atom. The van der Waals surface area contributed by atoms with Crippen molar-refractivity contribution in [3.05, 3.63) is 52.9 Å². The molecule has 3 N–H and O–H groups in total. The third-order valence-electron chi connectivity index (χ3n) is 6.91. The molecule has 5 heterocycles. The summed E-state index contributed by atoms with van der Waals surface area (Å²) in [5, 5.41) is 7.69. The van der Waals surface area contributed by atoms with Crippen LogP contribution in [0.3, 0.4) is 0 Å². The van der Waals surface area contributed by atoms with E-state index in [4.69, 9.17) is 14.7 Å². The standard InChI is InChI=1S/C26H30N8O2S/c1-36-18-8-9-21(28-16-18)33-11-13-34(14-12-33)26-31-23(29-17-5-4-10-27-15-17)22(24(35)32-26)25-30-19-6-2-3-7-20(19)37-25/h2-3,6-9,16-17,27H,4-5,10-15H2,1H3,(H2,29,31,32,35)/t17-/m1/s1. The van der Waals surface area contributed by atoms with Crippen LogP contribution in [0.2, 0.25) is 0 Å². The number of para-hydroxylation sites is 1. The molecular weight excluding hydrogens is 488 g/mol. The third-order valence-corrected chi connectivity index (χ3v) is 7.97. The van der Waals surface area contributed by atoms with E-state index in [1.165, 1.54) is 11.3 Å². The minimum atomic E-state index is -0.172. The maximum atomic E-state index is 13.5. The van der Waals surface area contributed by atoms with E-state index in [1.807, 2.05) is 36.4 Å². The molecule has 1 aromatic carbocycles. The van der Waals surface area contributed by atoms with Gasteiger partial charge in [0.25, 0.3) is 5.56 Å². The molecule has 0 aliphatic carbocycles. The molecule has 0 amide bonds. The fourth-order valence-corrected chi connectivity index (χ4v) is 5.90. The molecule has 0 spiro atoms. The summed E-state index contributed by atoms with van der Waals surface area (Å²) in [6.07, 6.45) is 3.86. The van der Waals surface area contributed by atoms with Gasteiger partial charge in [-0.15, -0.1) is 11.3 Å². The van der Waals surface area contributed by atoms with Gasteiger partial charge in [-0.05, 0) is 43.7 Å². The number of pyridine rings is 1. The topological polar surface area (TPSA) is 111 Å². The van der Waals surface area contributed by atoms with Crippen LogP contribution in [0.4, 0.5) is 17.6 Å². The lowest BCUT2D eigenvalue weighted by atomic mass is 10.1. The second-order valence-corrected chi connectivity index (χ2v) is 10.3. The molecular formula is C26H30N8O2S. The Kier molecular flexibility index (Phi) is 6.62. The predicted molar refractivity (Wildman–Crippen MR) is 148 cm³/mol. The van der Waals surface area contributed by atoms with Crippen molar-refractivity contribution in [3.8, 4) is 16.3 Å². The molecule has 0 bridgehead atoms. The minimum Gasteiger partial charge on any atom is -0.495 e. The Balaban J connectivity index is 1.28. The number of anilines is 3. The number of rotatable bonds is 6. The number of piperidine rings is 1. The first kappa shape index (κ1) is 23.7. The number of aromatic nitrogens is 4. The predicted octanol–water partition coefficient (Wildman–Crippen LogP) is 2.94. The zero-order valence-electron chi connectivity index (χ0n) is 20.7. The van der Waals surface area contributed by atoms with E-state index in [-0.39, 0.29) is 11.6 Å². The largest absolute Gasteiger partial charge is 0.495 e. The fourth-order valence-electron chi connectivity index (χ4n) is 4.89. The molecule has 6 rings (SSSR count). The number of benzene rings is 1. The number of piperazine rings is 1. The number of thiazole rings is 1. The van der Waals surface area contributed by atoms with Gasteiger partial charge in [0, 0.05) is 38.8 Å². The van der Waals surface area contributed by atoms with Gasteiger partial charge in [-0.2, -0.15) is 4.98 Å². The highest BCUT2D eigenvalue weighted by molar-refractivity contribution is 7.21. The Labute approximate surface area is 218 Å². The molecule has 11 heteroatoms. The highest BCUT2D eigenvalue weighted by atomic mass is 32.1. The number of hydrogen-bond donors (Lipinski definition) is 3. The summed E-state index contributed by atoms with van der Waals surface area (Å²) in [6.45, 7) is 4.86. The van der Waals surface area contributed by atoms with Crippen molar-refractivity contribution in [3.63, 3.8) is 0 Å². The van der Waals surface area contributed by atoms with Gasteiger partial charge in [-0.3, -0.25) is 9.78 Å². The molecule has 2 saturated heterocycles. The molecule has 1 atom stereocenters. The average Bonchev–Trinajstić information content (AvgIpc) is 3.37. The van der Waals surface area contributed by atoms with Crippen molar-refractivity contribution in [2.45, 2.75) is 18.9 Å². The van der Waals surface area contributed by atoms with Crippen LogP contribution in [0, 0.1) is 0 Å². The number of aromatic amines is 1. The summed E-state index contributed by atoms with van der Waals surface area (Å²) in [7, 11) is 1.64. The number of methoxy groups -OCH3 is 1. The van der Waals surface area contributed by atoms with Gasteiger partial charge in [0.05, 0.1) is 23.5 Å². The Morgan fingerprint density at radius 3 is 2.65 bits per heavy atom. The Morgan fingerprint density at radius 2 is 1.92 bits per heavy atom. The molecule has 4 aromatic rings. The second-order valence-electron chi connectivity index (χ2n) is 9.32. The van der Waals surface area contributed by atoms with E-state index in [0.717, 1.165) is 73.9 Å². The smallest absolute Gasteiger partial charge is 0.264 e. The summed E-state index contributed by atoms with van der Waals surface area (Å²) in [4.78, 5) is 35.2. The number of ether oxygens (including phenoxy) is 1. The molecule has 192 valence electrons. The summed E-state index contributed by atoms with van der Waals surface area (Å²) >= 11 is 1.52. The zero-order valence-corrected chi connectivity index (χ0v) is 21.6. The van der Waals surface area contributed by atoms with E-state index in [0.29, 0.717) is 22.3 Å². The lowest BCUT2D eigenvalue weighted by Crippen LogP contribution is -2.48. The molecule has 10 nitrogen and oxygen atoms in total. The van der Waals surface area contributed by atoms with Gasteiger partial charge < -0.3 is 25.2 Å². The van der Waals surface area contributed by atoms with Gasteiger partial charge in [0.15, 0.2) is 0 Å². The van der Waals surface area contributed by atoms with Crippen LogP contribution in [-0.2, 0) is 0 Å². The molecule has 0 radical (unpaired) electrons.